The quantitative estimate of drug-likeness (QED) is 0.741. The van der Waals surface area contributed by atoms with Gasteiger partial charge >= 0.3 is 0 Å². The molecular weight excluding hydrogens is 240 g/mol. The van der Waals surface area contributed by atoms with Crippen molar-refractivity contribution in [2.75, 3.05) is 7.11 Å². The van der Waals surface area contributed by atoms with Crippen LogP contribution in [0.4, 0.5) is 0 Å². The first-order valence-electron chi connectivity index (χ1n) is 4.92. The molecule has 2 atom stereocenters. The molecule has 1 aromatic carbocycles. The molecule has 0 spiro atoms. The Labute approximate surface area is 94.6 Å². The molecule has 0 bridgehead atoms. The Morgan fingerprint density at radius 1 is 1.29 bits per heavy atom. The maximum atomic E-state index is 5.33. The summed E-state index contributed by atoms with van der Waals surface area (Å²) < 4.78 is 5.33. The summed E-state index contributed by atoms with van der Waals surface area (Å²) in [4.78, 5) is 0.544. The Morgan fingerprint density at radius 3 is 2.50 bits per heavy atom. The molecule has 1 aromatic rings. The van der Waals surface area contributed by atoms with Crippen molar-refractivity contribution < 1.29 is 4.74 Å². The number of alkyl halides is 1. The van der Waals surface area contributed by atoms with E-state index in [-0.39, 0.29) is 0 Å². The van der Waals surface area contributed by atoms with E-state index >= 15 is 0 Å². The van der Waals surface area contributed by atoms with Gasteiger partial charge in [0.25, 0.3) is 0 Å². The summed E-state index contributed by atoms with van der Waals surface area (Å²) in [7, 11) is 1.73. The van der Waals surface area contributed by atoms with Gasteiger partial charge in [-0.3, -0.25) is 0 Å². The lowest BCUT2D eigenvalue weighted by molar-refractivity contribution is 0.405. The molecule has 0 N–H and O–H groups in total. The standard InChI is InChI=1S/C12H17BrO/c1-9(8-10(2)13)11-6-4-5-7-12(11)14-3/h4-7,9-10H,8H2,1-3H3. The molecule has 0 saturated carbocycles. The lowest BCUT2D eigenvalue weighted by atomic mass is 9.96. The van der Waals surface area contributed by atoms with Crippen LogP contribution in [-0.4, -0.2) is 11.9 Å². The molecule has 0 saturated heterocycles. The first-order chi connectivity index (χ1) is 6.65. The minimum atomic E-state index is 0.528. The molecular formula is C12H17BrO. The number of ether oxygens (including phenoxy) is 1. The molecule has 1 nitrogen and oxygen atoms in total. The highest BCUT2D eigenvalue weighted by Gasteiger charge is 2.12. The van der Waals surface area contributed by atoms with Gasteiger partial charge in [-0.2, -0.15) is 0 Å². The number of rotatable bonds is 4. The summed E-state index contributed by atoms with van der Waals surface area (Å²) >= 11 is 3.58. The molecule has 2 heteroatoms. The third-order valence-electron chi connectivity index (χ3n) is 2.35. The van der Waals surface area contributed by atoms with E-state index in [1.165, 1.54) is 5.56 Å². The van der Waals surface area contributed by atoms with Crippen LogP contribution in [0.25, 0.3) is 0 Å². The fraction of sp³-hybridized carbons (Fsp3) is 0.500. The second-order valence-electron chi connectivity index (χ2n) is 3.66. The molecule has 0 aromatic heterocycles. The van der Waals surface area contributed by atoms with E-state index in [0.717, 1.165) is 12.2 Å². The minimum Gasteiger partial charge on any atom is -0.496 e. The molecule has 0 heterocycles. The van der Waals surface area contributed by atoms with Gasteiger partial charge in [0.05, 0.1) is 7.11 Å². The predicted octanol–water partition coefficient (Wildman–Crippen LogP) is 3.97. The third-order valence-corrected chi connectivity index (χ3v) is 2.72. The van der Waals surface area contributed by atoms with Gasteiger partial charge in [0.15, 0.2) is 0 Å². The molecule has 0 aliphatic heterocycles. The van der Waals surface area contributed by atoms with Crippen molar-refractivity contribution in [2.45, 2.75) is 31.0 Å². The molecule has 0 aliphatic carbocycles. The maximum absolute atomic E-state index is 5.33. The fourth-order valence-electron chi connectivity index (χ4n) is 1.69. The normalized spacial score (nSPS) is 14.9. The van der Waals surface area contributed by atoms with Crippen LogP contribution < -0.4 is 4.74 Å². The molecule has 0 radical (unpaired) electrons. The van der Waals surface area contributed by atoms with Crippen LogP contribution in [0.15, 0.2) is 24.3 Å². The molecule has 0 fully saturated rings. The Balaban J connectivity index is 2.82. The van der Waals surface area contributed by atoms with Crippen molar-refractivity contribution in [1.82, 2.24) is 0 Å². The summed E-state index contributed by atoms with van der Waals surface area (Å²) in [6, 6.07) is 8.23. The van der Waals surface area contributed by atoms with E-state index in [0.29, 0.717) is 10.7 Å². The molecule has 0 aliphatic rings. The third kappa shape index (κ3) is 3.02. The fourth-order valence-corrected chi connectivity index (χ4v) is 2.25. The largest absolute Gasteiger partial charge is 0.496 e. The van der Waals surface area contributed by atoms with Gasteiger partial charge in [-0.25, -0.2) is 0 Å². The molecule has 0 amide bonds. The van der Waals surface area contributed by atoms with E-state index in [2.05, 4.69) is 41.9 Å². The smallest absolute Gasteiger partial charge is 0.122 e. The number of halogens is 1. The second-order valence-corrected chi connectivity index (χ2v) is 5.22. The van der Waals surface area contributed by atoms with Crippen molar-refractivity contribution >= 4 is 15.9 Å². The van der Waals surface area contributed by atoms with Crippen molar-refractivity contribution in [3.8, 4) is 5.75 Å². The monoisotopic (exact) mass is 256 g/mol. The molecule has 14 heavy (non-hydrogen) atoms. The van der Waals surface area contributed by atoms with Gasteiger partial charge < -0.3 is 4.74 Å². The predicted molar refractivity (Wildman–Crippen MR) is 64.4 cm³/mol. The van der Waals surface area contributed by atoms with Gasteiger partial charge in [0.2, 0.25) is 0 Å². The topological polar surface area (TPSA) is 9.23 Å². The number of hydrogen-bond donors (Lipinski definition) is 0. The van der Waals surface area contributed by atoms with Gasteiger partial charge in [0, 0.05) is 4.83 Å². The van der Waals surface area contributed by atoms with Gasteiger partial charge in [-0.1, -0.05) is 48.0 Å². The maximum Gasteiger partial charge on any atom is 0.122 e. The van der Waals surface area contributed by atoms with Gasteiger partial charge in [-0.15, -0.1) is 0 Å². The molecule has 1 rings (SSSR count). The van der Waals surface area contributed by atoms with Crippen LogP contribution in [0.3, 0.4) is 0 Å². The van der Waals surface area contributed by atoms with Crippen LogP contribution in [0.2, 0.25) is 0 Å². The number of hydrogen-bond acceptors (Lipinski definition) is 1. The summed E-state index contributed by atoms with van der Waals surface area (Å²) in [5.74, 6) is 1.52. The van der Waals surface area contributed by atoms with E-state index in [4.69, 9.17) is 4.74 Å². The highest BCUT2D eigenvalue weighted by Crippen LogP contribution is 2.30. The average Bonchev–Trinajstić information content (AvgIpc) is 2.16. The zero-order valence-corrected chi connectivity index (χ0v) is 10.5. The first-order valence-corrected chi connectivity index (χ1v) is 5.83. The first kappa shape index (κ1) is 11.6. The van der Waals surface area contributed by atoms with Crippen LogP contribution in [0.5, 0.6) is 5.75 Å². The van der Waals surface area contributed by atoms with Crippen molar-refractivity contribution in [3.05, 3.63) is 29.8 Å². The van der Waals surface area contributed by atoms with Crippen LogP contribution in [0.1, 0.15) is 31.7 Å². The van der Waals surface area contributed by atoms with Crippen molar-refractivity contribution in [2.24, 2.45) is 0 Å². The van der Waals surface area contributed by atoms with E-state index < -0.39 is 0 Å². The second kappa shape index (κ2) is 5.40. The summed E-state index contributed by atoms with van der Waals surface area (Å²) in [6.07, 6.45) is 1.13. The van der Waals surface area contributed by atoms with Crippen LogP contribution in [0, 0.1) is 0 Å². The summed E-state index contributed by atoms with van der Waals surface area (Å²) in [6.45, 7) is 4.40. The highest BCUT2D eigenvalue weighted by atomic mass is 79.9. The van der Waals surface area contributed by atoms with Crippen molar-refractivity contribution in [3.63, 3.8) is 0 Å². The number of para-hydroxylation sites is 1. The van der Waals surface area contributed by atoms with Crippen molar-refractivity contribution in [1.29, 1.82) is 0 Å². The van der Waals surface area contributed by atoms with Gasteiger partial charge in [0.1, 0.15) is 5.75 Å². The van der Waals surface area contributed by atoms with E-state index in [1.54, 1.807) is 7.11 Å². The Kier molecular flexibility index (Phi) is 4.46. The highest BCUT2D eigenvalue weighted by molar-refractivity contribution is 9.09. The van der Waals surface area contributed by atoms with Crippen LogP contribution >= 0.6 is 15.9 Å². The molecule has 2 unspecified atom stereocenters. The Hall–Kier alpha value is -0.500. The van der Waals surface area contributed by atoms with Crippen LogP contribution in [-0.2, 0) is 0 Å². The number of benzene rings is 1. The van der Waals surface area contributed by atoms with E-state index in [1.807, 2.05) is 12.1 Å². The molecule has 78 valence electrons. The SMILES string of the molecule is COc1ccccc1C(C)CC(C)Br. The van der Waals surface area contributed by atoms with Gasteiger partial charge in [-0.05, 0) is 24.0 Å². The lowest BCUT2D eigenvalue weighted by Crippen LogP contribution is -2.02. The Morgan fingerprint density at radius 2 is 1.93 bits per heavy atom. The summed E-state index contributed by atoms with van der Waals surface area (Å²) in [5.41, 5.74) is 1.29. The summed E-state index contributed by atoms with van der Waals surface area (Å²) in [5, 5.41) is 0. The van der Waals surface area contributed by atoms with E-state index in [9.17, 15) is 0 Å². The number of methoxy groups -OCH3 is 1. The zero-order chi connectivity index (χ0) is 10.6. The minimum absolute atomic E-state index is 0.528. The zero-order valence-electron chi connectivity index (χ0n) is 8.96. The lowest BCUT2D eigenvalue weighted by Gasteiger charge is -2.16. The Bertz CT molecular complexity index is 283. The average molecular weight is 257 g/mol.